The lowest BCUT2D eigenvalue weighted by Crippen LogP contribution is -2.43. The zero-order chi connectivity index (χ0) is 21.2. The lowest BCUT2D eigenvalue weighted by molar-refractivity contribution is -0.169. The van der Waals surface area contributed by atoms with Crippen LogP contribution >= 0.6 is 0 Å². The van der Waals surface area contributed by atoms with E-state index < -0.39 is 17.6 Å². The molecule has 1 N–H and O–H groups in total. The van der Waals surface area contributed by atoms with E-state index in [2.05, 4.69) is 0 Å². The van der Waals surface area contributed by atoms with Crippen molar-refractivity contribution < 1.29 is 24.3 Å². The molecule has 1 unspecified atom stereocenters. The molecule has 0 aliphatic carbocycles. The molecule has 0 spiro atoms. The summed E-state index contributed by atoms with van der Waals surface area (Å²) in [7, 11) is 0. The van der Waals surface area contributed by atoms with Crippen molar-refractivity contribution in [3.63, 3.8) is 0 Å². The van der Waals surface area contributed by atoms with Gasteiger partial charge in [0.05, 0.1) is 12.5 Å². The van der Waals surface area contributed by atoms with E-state index >= 15 is 0 Å². The highest BCUT2D eigenvalue weighted by Crippen LogP contribution is 2.27. The average molecular weight is 392 g/mol. The Kier molecular flexibility index (Phi) is 9.65. The molecular formula is C21H32N2O5. The highest BCUT2D eigenvalue weighted by atomic mass is 16.6. The molecule has 1 aromatic rings. The quantitative estimate of drug-likeness (QED) is 0.155. The minimum atomic E-state index is -0.653. The van der Waals surface area contributed by atoms with Crippen LogP contribution < -0.4 is 0 Å². The Morgan fingerprint density at radius 3 is 2.36 bits per heavy atom. The Hall–Kier alpha value is -2.41. The molecule has 7 nitrogen and oxygen atoms in total. The third-order valence-electron chi connectivity index (χ3n) is 4.07. The van der Waals surface area contributed by atoms with Crippen molar-refractivity contribution in [2.75, 3.05) is 6.67 Å². The van der Waals surface area contributed by atoms with Crippen molar-refractivity contribution in [1.29, 1.82) is 0 Å². The molecule has 0 aliphatic rings. The molecular weight excluding hydrogens is 360 g/mol. The van der Waals surface area contributed by atoms with Crippen LogP contribution in [-0.2, 0) is 19.1 Å². The molecule has 0 bridgehead atoms. The summed E-state index contributed by atoms with van der Waals surface area (Å²) < 4.78 is 5.43. The van der Waals surface area contributed by atoms with Crippen molar-refractivity contribution >= 4 is 18.3 Å². The summed E-state index contributed by atoms with van der Waals surface area (Å²) in [5, 5.41) is 10.1. The van der Waals surface area contributed by atoms with Crippen molar-refractivity contribution in [2.45, 2.75) is 71.4 Å². The lowest BCUT2D eigenvalue weighted by Gasteiger charge is -2.33. The first kappa shape index (κ1) is 23.6. The van der Waals surface area contributed by atoms with E-state index in [0.29, 0.717) is 11.5 Å². The molecule has 1 rings (SSSR count). The molecule has 0 aromatic heterocycles. The van der Waals surface area contributed by atoms with Crippen LogP contribution in [0.3, 0.4) is 0 Å². The number of nitrogens with zero attached hydrogens (tertiary/aromatic N) is 2. The van der Waals surface area contributed by atoms with Crippen LogP contribution in [0.2, 0.25) is 0 Å². The summed E-state index contributed by atoms with van der Waals surface area (Å²) in [6, 6.07) is 8.43. The molecule has 1 atom stereocenters. The number of rotatable bonds is 11. The maximum absolute atomic E-state index is 12.9. The number of carbonyl (C=O) groups excluding carboxylic acids is 3. The van der Waals surface area contributed by atoms with Gasteiger partial charge in [0.25, 0.3) is 0 Å². The summed E-state index contributed by atoms with van der Waals surface area (Å²) in [5.74, 6) is -0.685. The van der Waals surface area contributed by atoms with Crippen LogP contribution in [0.5, 0.6) is 0 Å². The molecule has 2 amide bonds. The largest absolute Gasteiger partial charge is 0.460 e. The van der Waals surface area contributed by atoms with Gasteiger partial charge in [0.2, 0.25) is 12.3 Å². The Bertz CT molecular complexity index is 627. The zero-order valence-electron chi connectivity index (χ0n) is 17.3. The Morgan fingerprint density at radius 1 is 1.18 bits per heavy atom. The SMILES string of the molecule is CCCCCC(=O)N(CN(O)C=O)C(CC(=O)OC(C)(C)C)c1ccccc1. The van der Waals surface area contributed by atoms with Gasteiger partial charge in [-0.25, -0.2) is 5.06 Å². The van der Waals surface area contributed by atoms with Gasteiger partial charge in [-0.15, -0.1) is 0 Å². The number of ether oxygens (including phenoxy) is 1. The third kappa shape index (κ3) is 8.52. The summed E-state index contributed by atoms with van der Waals surface area (Å²) in [6.07, 6.45) is 3.01. The van der Waals surface area contributed by atoms with E-state index in [1.165, 1.54) is 4.90 Å². The molecule has 1 aromatic carbocycles. The first-order valence-corrected chi connectivity index (χ1v) is 9.65. The first-order valence-electron chi connectivity index (χ1n) is 9.65. The van der Waals surface area contributed by atoms with Crippen LogP contribution in [-0.4, -0.2) is 45.7 Å². The maximum atomic E-state index is 12.9. The van der Waals surface area contributed by atoms with E-state index in [0.717, 1.165) is 18.4 Å². The van der Waals surface area contributed by atoms with Gasteiger partial charge in [0, 0.05) is 6.42 Å². The molecule has 0 saturated heterocycles. The summed E-state index contributed by atoms with van der Waals surface area (Å²) in [6.45, 7) is 7.05. The molecule has 0 fully saturated rings. The third-order valence-corrected chi connectivity index (χ3v) is 4.07. The molecule has 0 heterocycles. The second-order valence-corrected chi connectivity index (χ2v) is 7.72. The fraction of sp³-hybridized carbons (Fsp3) is 0.571. The standard InChI is InChI=1S/C21H32N2O5/c1-5-6-8-13-19(25)23(15-22(27)16-24)18(17-11-9-7-10-12-17)14-20(26)28-21(2,3)4/h7,9-12,16,18,27H,5-6,8,13-15H2,1-4H3. The maximum Gasteiger partial charge on any atom is 0.308 e. The summed E-state index contributed by atoms with van der Waals surface area (Å²) in [5.41, 5.74) is 0.0802. The van der Waals surface area contributed by atoms with Gasteiger partial charge in [-0.1, -0.05) is 50.1 Å². The highest BCUT2D eigenvalue weighted by Gasteiger charge is 2.30. The summed E-state index contributed by atoms with van der Waals surface area (Å²) >= 11 is 0. The van der Waals surface area contributed by atoms with E-state index in [9.17, 15) is 19.6 Å². The van der Waals surface area contributed by atoms with Crippen LogP contribution in [0.1, 0.15) is 71.4 Å². The molecule has 0 aliphatic heterocycles. The van der Waals surface area contributed by atoms with E-state index in [-0.39, 0.29) is 31.8 Å². The fourth-order valence-corrected chi connectivity index (χ4v) is 2.83. The number of carbonyl (C=O) groups is 3. The smallest absolute Gasteiger partial charge is 0.308 e. The van der Waals surface area contributed by atoms with Crippen LogP contribution in [0.4, 0.5) is 0 Å². The number of hydrogen-bond acceptors (Lipinski definition) is 5. The van der Waals surface area contributed by atoms with Gasteiger partial charge in [-0.05, 0) is 32.8 Å². The zero-order valence-corrected chi connectivity index (χ0v) is 17.3. The van der Waals surface area contributed by atoms with Crippen molar-refractivity contribution in [1.82, 2.24) is 9.96 Å². The summed E-state index contributed by atoms with van der Waals surface area (Å²) in [4.78, 5) is 37.7. The number of unbranched alkanes of at least 4 members (excludes halogenated alkanes) is 2. The van der Waals surface area contributed by atoms with Crippen molar-refractivity contribution in [3.8, 4) is 0 Å². The van der Waals surface area contributed by atoms with Crippen LogP contribution in [0, 0.1) is 0 Å². The fourth-order valence-electron chi connectivity index (χ4n) is 2.83. The minimum Gasteiger partial charge on any atom is -0.460 e. The van der Waals surface area contributed by atoms with E-state index in [1.54, 1.807) is 20.8 Å². The van der Waals surface area contributed by atoms with Gasteiger partial charge < -0.3 is 9.64 Å². The van der Waals surface area contributed by atoms with Gasteiger partial charge >= 0.3 is 5.97 Å². The predicted octanol–water partition coefficient (Wildman–Crippen LogP) is 3.67. The molecule has 156 valence electrons. The van der Waals surface area contributed by atoms with Crippen molar-refractivity contribution in [2.24, 2.45) is 0 Å². The average Bonchev–Trinajstić information content (AvgIpc) is 2.63. The number of benzene rings is 1. The van der Waals surface area contributed by atoms with Gasteiger partial charge in [-0.2, -0.15) is 0 Å². The van der Waals surface area contributed by atoms with Gasteiger partial charge in [0.1, 0.15) is 12.3 Å². The lowest BCUT2D eigenvalue weighted by atomic mass is 10.0. The monoisotopic (exact) mass is 392 g/mol. The van der Waals surface area contributed by atoms with E-state index in [4.69, 9.17) is 4.74 Å². The van der Waals surface area contributed by atoms with Crippen molar-refractivity contribution in [3.05, 3.63) is 35.9 Å². The molecule has 0 saturated carbocycles. The highest BCUT2D eigenvalue weighted by molar-refractivity contribution is 5.78. The topological polar surface area (TPSA) is 87.2 Å². The normalized spacial score (nSPS) is 12.2. The predicted molar refractivity (Wildman–Crippen MR) is 105 cm³/mol. The first-order chi connectivity index (χ1) is 13.2. The molecule has 7 heteroatoms. The Labute approximate surface area is 167 Å². The number of amides is 2. The van der Waals surface area contributed by atoms with E-state index in [1.807, 2.05) is 37.3 Å². The minimum absolute atomic E-state index is 0.0759. The van der Waals surface area contributed by atoms with Crippen LogP contribution in [0.15, 0.2) is 30.3 Å². The number of hydrogen-bond donors (Lipinski definition) is 1. The second-order valence-electron chi connectivity index (χ2n) is 7.72. The molecule has 28 heavy (non-hydrogen) atoms. The number of hydroxylamine groups is 2. The number of esters is 1. The Balaban J connectivity index is 3.15. The van der Waals surface area contributed by atoms with Crippen LogP contribution in [0.25, 0.3) is 0 Å². The molecule has 0 radical (unpaired) electrons. The van der Waals surface area contributed by atoms with Gasteiger partial charge in [-0.3, -0.25) is 19.6 Å². The second kappa shape index (κ2) is 11.4. The van der Waals surface area contributed by atoms with Gasteiger partial charge in [0.15, 0.2) is 0 Å². The Morgan fingerprint density at radius 2 is 1.82 bits per heavy atom.